The van der Waals surface area contributed by atoms with Crippen LogP contribution in [0.15, 0.2) is 47.4 Å². The first-order valence-electron chi connectivity index (χ1n) is 7.17. The van der Waals surface area contributed by atoms with Crippen LogP contribution in [0.5, 0.6) is 0 Å². The summed E-state index contributed by atoms with van der Waals surface area (Å²) in [6.45, 7) is 1.90. The molecule has 0 unspecified atom stereocenters. The predicted molar refractivity (Wildman–Crippen MR) is 90.3 cm³/mol. The first kappa shape index (κ1) is 16.0. The molecular weight excluding hydrogens is 330 g/mol. The van der Waals surface area contributed by atoms with Gasteiger partial charge in [-0.25, -0.2) is 8.42 Å². The lowest BCUT2D eigenvalue weighted by Gasteiger charge is -2.12. The van der Waals surface area contributed by atoms with Gasteiger partial charge in [-0.1, -0.05) is 17.7 Å². The lowest BCUT2D eigenvalue weighted by atomic mass is 10.2. The van der Waals surface area contributed by atoms with Crippen LogP contribution in [0.3, 0.4) is 0 Å². The lowest BCUT2D eigenvalue weighted by molar-refractivity contribution is -0.123. The minimum atomic E-state index is -3.82. The Morgan fingerprint density at radius 3 is 2.21 bits per heavy atom. The van der Waals surface area contributed by atoms with Crippen LogP contribution in [0.4, 0.5) is 17.1 Å². The van der Waals surface area contributed by atoms with Crippen molar-refractivity contribution in [2.24, 2.45) is 0 Å². The Bertz CT molecular complexity index is 921. The van der Waals surface area contributed by atoms with Gasteiger partial charge in [0.15, 0.2) is 0 Å². The van der Waals surface area contributed by atoms with Gasteiger partial charge < -0.3 is 10.6 Å². The van der Waals surface area contributed by atoms with Gasteiger partial charge in [0.25, 0.3) is 10.0 Å². The molecule has 8 heteroatoms. The van der Waals surface area contributed by atoms with Crippen molar-refractivity contribution in [1.82, 2.24) is 0 Å². The van der Waals surface area contributed by atoms with Crippen LogP contribution in [-0.2, 0) is 19.6 Å². The number of nitrogens with one attached hydrogen (secondary N) is 3. The summed E-state index contributed by atoms with van der Waals surface area (Å²) >= 11 is 0. The molecule has 24 heavy (non-hydrogen) atoms. The van der Waals surface area contributed by atoms with Gasteiger partial charge in [-0.15, -0.1) is 0 Å². The summed E-state index contributed by atoms with van der Waals surface area (Å²) < 4.78 is 27.5. The fraction of sp³-hybridized carbons (Fsp3) is 0.125. The summed E-state index contributed by atoms with van der Waals surface area (Å²) in [5, 5.41) is 5.07. The van der Waals surface area contributed by atoms with E-state index in [2.05, 4.69) is 15.4 Å². The van der Waals surface area contributed by atoms with E-state index in [0.717, 1.165) is 5.56 Å². The molecule has 0 atom stereocenters. The average Bonchev–Trinajstić information content (AvgIpc) is 2.64. The Balaban J connectivity index is 1.93. The zero-order valence-electron chi connectivity index (χ0n) is 12.8. The maximum Gasteiger partial charge on any atom is 0.261 e. The number of sulfonamides is 1. The summed E-state index contributed by atoms with van der Waals surface area (Å²) in [7, 11) is -3.82. The van der Waals surface area contributed by atoms with Crippen molar-refractivity contribution >= 4 is 38.9 Å². The van der Waals surface area contributed by atoms with E-state index in [1.54, 1.807) is 24.3 Å². The highest BCUT2D eigenvalue weighted by Gasteiger charge is 2.21. The number of rotatable bonds is 3. The van der Waals surface area contributed by atoms with Crippen molar-refractivity contribution in [3.63, 3.8) is 0 Å². The molecule has 1 aliphatic rings. The topological polar surface area (TPSA) is 104 Å². The van der Waals surface area contributed by atoms with Gasteiger partial charge in [-0.3, -0.25) is 14.3 Å². The normalized spacial score (nSPS) is 14.2. The molecule has 1 aliphatic heterocycles. The summed E-state index contributed by atoms with van der Waals surface area (Å²) in [6.07, 6.45) is -0.307. The molecule has 124 valence electrons. The van der Waals surface area contributed by atoms with Crippen molar-refractivity contribution in [1.29, 1.82) is 0 Å². The Morgan fingerprint density at radius 1 is 0.917 bits per heavy atom. The molecule has 7 nitrogen and oxygen atoms in total. The van der Waals surface area contributed by atoms with Crippen molar-refractivity contribution < 1.29 is 18.0 Å². The molecule has 3 rings (SSSR count). The SMILES string of the molecule is Cc1ccc(NS(=O)(=O)c2ccc3c(c2)NC(=O)CC(=O)N3)cc1. The Hall–Kier alpha value is -2.87. The number of anilines is 3. The summed E-state index contributed by atoms with van der Waals surface area (Å²) in [5.41, 5.74) is 2.06. The second-order valence-corrected chi connectivity index (χ2v) is 7.13. The largest absolute Gasteiger partial charge is 0.324 e. The minimum absolute atomic E-state index is 0.0155. The summed E-state index contributed by atoms with van der Waals surface area (Å²) in [4.78, 5) is 23.1. The van der Waals surface area contributed by atoms with E-state index in [9.17, 15) is 18.0 Å². The third kappa shape index (κ3) is 3.38. The van der Waals surface area contributed by atoms with E-state index in [1.807, 2.05) is 6.92 Å². The fourth-order valence-electron chi connectivity index (χ4n) is 2.27. The molecule has 0 aromatic heterocycles. The van der Waals surface area contributed by atoms with Crippen molar-refractivity contribution in [3.05, 3.63) is 48.0 Å². The third-order valence-corrected chi connectivity index (χ3v) is 4.85. The standard InChI is InChI=1S/C16H15N3O4S/c1-10-2-4-11(5-3-10)19-24(22,23)12-6-7-13-14(8-12)18-16(21)9-15(20)17-13/h2-8,19H,9H2,1H3,(H,17,20)(H,18,21). The van der Waals surface area contributed by atoms with E-state index in [4.69, 9.17) is 0 Å². The van der Waals surface area contributed by atoms with Crippen LogP contribution in [0, 0.1) is 6.92 Å². The van der Waals surface area contributed by atoms with Crippen LogP contribution >= 0.6 is 0 Å². The minimum Gasteiger partial charge on any atom is -0.324 e. The molecule has 0 saturated carbocycles. The third-order valence-electron chi connectivity index (χ3n) is 3.47. The lowest BCUT2D eigenvalue weighted by Crippen LogP contribution is -2.16. The molecule has 2 amide bonds. The molecule has 0 radical (unpaired) electrons. The average molecular weight is 345 g/mol. The number of carbonyl (C=O) groups excluding carboxylic acids is 2. The van der Waals surface area contributed by atoms with E-state index < -0.39 is 21.8 Å². The molecule has 0 aliphatic carbocycles. The van der Waals surface area contributed by atoms with E-state index >= 15 is 0 Å². The molecule has 0 bridgehead atoms. The Morgan fingerprint density at radius 2 is 1.54 bits per heavy atom. The summed E-state index contributed by atoms with van der Waals surface area (Å²) in [5.74, 6) is -0.938. The molecule has 0 fully saturated rings. The number of amides is 2. The van der Waals surface area contributed by atoms with E-state index in [1.165, 1.54) is 18.2 Å². The Kier molecular flexibility index (Phi) is 3.98. The van der Waals surface area contributed by atoms with Crippen LogP contribution in [0.1, 0.15) is 12.0 Å². The second-order valence-electron chi connectivity index (χ2n) is 5.45. The number of hydrogen-bond donors (Lipinski definition) is 3. The van der Waals surface area contributed by atoms with E-state index in [0.29, 0.717) is 11.4 Å². The smallest absolute Gasteiger partial charge is 0.261 e. The second kappa shape index (κ2) is 5.97. The quantitative estimate of drug-likeness (QED) is 0.741. The Labute approximate surface area is 139 Å². The first-order chi connectivity index (χ1) is 11.3. The van der Waals surface area contributed by atoms with Crippen LogP contribution < -0.4 is 15.4 Å². The highest BCUT2D eigenvalue weighted by Crippen LogP contribution is 2.28. The molecule has 2 aromatic carbocycles. The molecule has 0 spiro atoms. The van der Waals surface area contributed by atoms with Gasteiger partial charge in [-0.05, 0) is 37.3 Å². The highest BCUT2D eigenvalue weighted by atomic mass is 32.2. The molecule has 0 saturated heterocycles. The maximum absolute atomic E-state index is 12.5. The van der Waals surface area contributed by atoms with Gasteiger partial charge >= 0.3 is 0 Å². The van der Waals surface area contributed by atoms with Gasteiger partial charge in [0.05, 0.1) is 16.3 Å². The maximum atomic E-state index is 12.5. The first-order valence-corrected chi connectivity index (χ1v) is 8.65. The number of fused-ring (bicyclic) bond motifs is 1. The number of carbonyl (C=O) groups is 2. The molecule has 2 aromatic rings. The van der Waals surface area contributed by atoms with Crippen molar-refractivity contribution in [2.45, 2.75) is 18.2 Å². The van der Waals surface area contributed by atoms with Gasteiger partial charge in [-0.2, -0.15) is 0 Å². The van der Waals surface area contributed by atoms with Gasteiger partial charge in [0, 0.05) is 5.69 Å². The zero-order chi connectivity index (χ0) is 17.3. The van der Waals surface area contributed by atoms with Crippen LogP contribution in [0.2, 0.25) is 0 Å². The van der Waals surface area contributed by atoms with Crippen molar-refractivity contribution in [3.8, 4) is 0 Å². The number of benzene rings is 2. The van der Waals surface area contributed by atoms with Crippen LogP contribution in [0.25, 0.3) is 0 Å². The van der Waals surface area contributed by atoms with Gasteiger partial charge in [0.1, 0.15) is 6.42 Å². The molecular formula is C16H15N3O4S. The van der Waals surface area contributed by atoms with Crippen molar-refractivity contribution in [2.75, 3.05) is 15.4 Å². The summed E-state index contributed by atoms with van der Waals surface area (Å²) in [6, 6.07) is 11.1. The fourth-order valence-corrected chi connectivity index (χ4v) is 3.36. The number of hydrogen-bond acceptors (Lipinski definition) is 4. The highest BCUT2D eigenvalue weighted by molar-refractivity contribution is 7.92. The van der Waals surface area contributed by atoms with E-state index in [-0.39, 0.29) is 17.0 Å². The molecule has 3 N–H and O–H groups in total. The number of aryl methyl sites for hydroxylation is 1. The predicted octanol–water partition coefficient (Wildman–Crippen LogP) is 2.08. The monoisotopic (exact) mass is 345 g/mol. The zero-order valence-corrected chi connectivity index (χ0v) is 13.6. The molecule has 1 heterocycles. The van der Waals surface area contributed by atoms with Gasteiger partial charge in [0.2, 0.25) is 11.8 Å². The van der Waals surface area contributed by atoms with Crippen LogP contribution in [-0.4, -0.2) is 20.2 Å².